The Morgan fingerprint density at radius 1 is 1.26 bits per heavy atom. The summed E-state index contributed by atoms with van der Waals surface area (Å²) in [6, 6.07) is -1.75. The van der Waals surface area contributed by atoms with Crippen molar-refractivity contribution in [1.29, 1.82) is 0 Å². The molecule has 4 amide bonds. The van der Waals surface area contributed by atoms with Gasteiger partial charge in [0.2, 0.25) is 5.96 Å². The predicted molar refractivity (Wildman–Crippen MR) is 77.8 cm³/mol. The number of rotatable bonds is 2. The lowest BCUT2D eigenvalue weighted by Crippen LogP contribution is -2.59. The van der Waals surface area contributed by atoms with E-state index in [1.54, 1.807) is 13.1 Å². The maximum Gasteiger partial charge on any atom is 0.354 e. The number of nitrogen functional groups attached to an aromatic ring is 1. The second kappa shape index (κ2) is 6.87. The first-order chi connectivity index (χ1) is 11.0. The highest BCUT2D eigenvalue weighted by atomic mass is 16.2. The molecule has 15 nitrogen and oxygen atoms in total. The van der Waals surface area contributed by atoms with Gasteiger partial charge in [-0.05, 0) is 17.4 Å². The van der Waals surface area contributed by atoms with Crippen LogP contribution in [0, 0.1) is 0 Å². The highest BCUT2D eigenvalue weighted by Gasteiger charge is 2.20. The molecule has 0 radical (unpaired) electrons. The van der Waals surface area contributed by atoms with E-state index in [9.17, 15) is 9.59 Å². The summed E-state index contributed by atoms with van der Waals surface area (Å²) in [5, 5.41) is 18.6. The van der Waals surface area contributed by atoms with Crippen molar-refractivity contribution in [2.45, 2.75) is 19.4 Å². The van der Waals surface area contributed by atoms with E-state index in [0.717, 1.165) is 4.79 Å². The summed E-state index contributed by atoms with van der Waals surface area (Å²) in [5.41, 5.74) is 19.7. The Kier molecular flexibility index (Phi) is 4.70. The molecule has 0 aromatic carbocycles. The number of nitrogens with zero attached hydrogens (tertiary/aromatic N) is 7. The van der Waals surface area contributed by atoms with E-state index >= 15 is 0 Å². The van der Waals surface area contributed by atoms with Gasteiger partial charge in [-0.3, -0.25) is 0 Å². The number of anilines is 1. The van der Waals surface area contributed by atoms with Crippen LogP contribution in [0.15, 0.2) is 10.2 Å². The number of nitrogens with one attached hydrogen (secondary N) is 4. The lowest BCUT2D eigenvalue weighted by Gasteiger charge is -2.27. The normalized spacial score (nSPS) is 17.0. The predicted octanol–water partition coefficient (Wildman–Crippen LogP) is -2.97. The highest BCUT2D eigenvalue weighted by molar-refractivity contribution is 5.86. The Bertz CT molecular complexity index is 636. The molecule has 0 fully saturated rings. The first-order valence-corrected chi connectivity index (χ1v) is 6.29. The van der Waals surface area contributed by atoms with Crippen molar-refractivity contribution in [1.82, 2.24) is 41.6 Å². The van der Waals surface area contributed by atoms with Crippen LogP contribution in [0.25, 0.3) is 0 Å². The van der Waals surface area contributed by atoms with Gasteiger partial charge in [0.25, 0.3) is 5.95 Å². The maximum absolute atomic E-state index is 11.8. The molecule has 2 heterocycles. The molecular formula is C8H15N13O2. The standard InChI is InChI=1S/C8H15N13O2/c1-4-2-3-11-12-5(9)20(4)16-7(22)14-15-8(23)17-21-6(10)13-18-19-21/h3-4H,2H2,1H3,(H2,9,12)(H2,10,13,19)(H2,14,16,22)(H2,15,17,23). The lowest BCUT2D eigenvalue weighted by molar-refractivity contribution is 0.196. The minimum atomic E-state index is -0.826. The van der Waals surface area contributed by atoms with Gasteiger partial charge in [-0.1, -0.05) is 5.10 Å². The van der Waals surface area contributed by atoms with Gasteiger partial charge in [0.15, 0.2) is 0 Å². The number of hydrogen-bond acceptors (Lipinski definition) is 10. The van der Waals surface area contributed by atoms with E-state index in [1.165, 1.54) is 5.01 Å². The molecule has 0 bridgehead atoms. The van der Waals surface area contributed by atoms with E-state index in [0.29, 0.717) is 6.42 Å². The van der Waals surface area contributed by atoms with Crippen LogP contribution < -0.4 is 33.2 Å². The Hall–Kier alpha value is -3.65. The average molecular weight is 325 g/mol. The molecule has 1 aromatic heterocycles. The van der Waals surface area contributed by atoms with Gasteiger partial charge in [-0.15, -0.1) is 9.89 Å². The monoisotopic (exact) mass is 325 g/mol. The molecule has 0 saturated carbocycles. The van der Waals surface area contributed by atoms with E-state index < -0.39 is 12.1 Å². The Morgan fingerprint density at radius 2 is 1.96 bits per heavy atom. The number of hydrogen-bond donors (Lipinski definition) is 6. The van der Waals surface area contributed by atoms with Crippen molar-refractivity contribution in [3.63, 3.8) is 0 Å². The summed E-state index contributed by atoms with van der Waals surface area (Å²) in [7, 11) is 0. The molecule has 2 rings (SSSR count). The van der Waals surface area contributed by atoms with Crippen LogP contribution in [0.2, 0.25) is 0 Å². The molecule has 1 aliphatic rings. The largest absolute Gasteiger partial charge is 0.367 e. The minimum absolute atomic E-state index is 0.00677. The Morgan fingerprint density at radius 3 is 2.61 bits per heavy atom. The number of tetrazole rings is 1. The number of hydrazine groups is 2. The van der Waals surface area contributed by atoms with Crippen molar-refractivity contribution in [3.8, 4) is 0 Å². The van der Waals surface area contributed by atoms with Crippen molar-refractivity contribution in [3.05, 3.63) is 0 Å². The number of guanidine groups is 1. The first kappa shape index (κ1) is 15.7. The summed E-state index contributed by atoms with van der Waals surface area (Å²) in [5.74, 6) is -0.126. The van der Waals surface area contributed by atoms with Crippen molar-refractivity contribution in [2.75, 3.05) is 11.2 Å². The van der Waals surface area contributed by atoms with Crippen molar-refractivity contribution < 1.29 is 9.59 Å². The molecule has 1 aliphatic heterocycles. The van der Waals surface area contributed by atoms with Gasteiger partial charge in [0.05, 0.1) is 6.04 Å². The third-order valence-corrected chi connectivity index (χ3v) is 2.59. The van der Waals surface area contributed by atoms with E-state index in [1.807, 2.05) is 0 Å². The van der Waals surface area contributed by atoms with Crippen LogP contribution in [0.5, 0.6) is 0 Å². The third kappa shape index (κ3) is 4.16. The van der Waals surface area contributed by atoms with Gasteiger partial charge < -0.3 is 11.5 Å². The number of urea groups is 2. The first-order valence-electron chi connectivity index (χ1n) is 6.29. The lowest BCUT2D eigenvalue weighted by atomic mass is 10.2. The molecule has 1 unspecified atom stereocenters. The van der Waals surface area contributed by atoms with Crippen LogP contribution in [0.3, 0.4) is 0 Å². The Balaban J connectivity index is 1.80. The number of aromatic nitrogens is 4. The summed E-state index contributed by atoms with van der Waals surface area (Å²) in [4.78, 5) is 24.1. The average Bonchev–Trinajstić information content (AvgIpc) is 2.84. The van der Waals surface area contributed by atoms with Gasteiger partial charge in [0.1, 0.15) is 0 Å². The number of carbonyl (C=O) groups excluding carboxylic acids is 2. The third-order valence-electron chi connectivity index (χ3n) is 2.59. The fourth-order valence-corrected chi connectivity index (χ4v) is 1.50. The molecule has 0 aliphatic carbocycles. The molecule has 23 heavy (non-hydrogen) atoms. The second-order valence-electron chi connectivity index (χ2n) is 4.29. The minimum Gasteiger partial charge on any atom is -0.367 e. The van der Waals surface area contributed by atoms with Gasteiger partial charge in [-0.25, -0.2) is 36.3 Å². The van der Waals surface area contributed by atoms with Crippen molar-refractivity contribution >= 4 is 30.2 Å². The number of carbonyl (C=O) groups is 2. The van der Waals surface area contributed by atoms with Crippen LogP contribution in [0.4, 0.5) is 15.5 Å². The fourth-order valence-electron chi connectivity index (χ4n) is 1.50. The van der Waals surface area contributed by atoms with E-state index in [4.69, 9.17) is 11.5 Å². The zero-order chi connectivity index (χ0) is 16.8. The summed E-state index contributed by atoms with van der Waals surface area (Å²) < 4.78 is 0. The maximum atomic E-state index is 11.8. The number of amides is 4. The molecule has 8 N–H and O–H groups in total. The molecule has 0 saturated heterocycles. The molecular weight excluding hydrogens is 310 g/mol. The summed E-state index contributed by atoms with van der Waals surface area (Å²) >= 11 is 0. The molecule has 0 spiro atoms. The molecule has 15 heteroatoms. The zero-order valence-electron chi connectivity index (χ0n) is 12.0. The smallest absolute Gasteiger partial charge is 0.354 e. The molecule has 1 aromatic rings. The van der Waals surface area contributed by atoms with E-state index in [-0.39, 0.29) is 17.9 Å². The van der Waals surface area contributed by atoms with Crippen LogP contribution >= 0.6 is 0 Å². The quantitative estimate of drug-likeness (QED) is 0.309. The zero-order valence-corrected chi connectivity index (χ0v) is 12.0. The molecule has 124 valence electrons. The van der Waals surface area contributed by atoms with E-state index in [2.05, 4.69) is 47.4 Å². The SMILES string of the molecule is CC1CC=NN=C(N)N1NC(=O)NNC(=O)Nn1nnnc1N. The topological polar surface area (TPSA) is 206 Å². The van der Waals surface area contributed by atoms with Crippen LogP contribution in [-0.4, -0.2) is 55.6 Å². The van der Waals surface area contributed by atoms with Crippen LogP contribution in [-0.2, 0) is 0 Å². The van der Waals surface area contributed by atoms with Gasteiger partial charge >= 0.3 is 12.1 Å². The second-order valence-corrected chi connectivity index (χ2v) is 4.29. The van der Waals surface area contributed by atoms with Gasteiger partial charge in [0, 0.05) is 12.6 Å². The summed E-state index contributed by atoms with van der Waals surface area (Å²) in [6.45, 7) is 1.81. The van der Waals surface area contributed by atoms with Crippen LogP contribution in [0.1, 0.15) is 13.3 Å². The highest BCUT2D eigenvalue weighted by Crippen LogP contribution is 2.02. The molecule has 1 atom stereocenters. The number of nitrogens with two attached hydrogens (primary N) is 2. The summed E-state index contributed by atoms with van der Waals surface area (Å²) in [6.07, 6.45) is 2.09. The van der Waals surface area contributed by atoms with Gasteiger partial charge in [-0.2, -0.15) is 5.10 Å². The van der Waals surface area contributed by atoms with Crippen molar-refractivity contribution in [2.24, 2.45) is 15.9 Å². The fraction of sp³-hybridized carbons (Fsp3) is 0.375. The Labute approximate surface area is 129 Å².